The molecule has 0 aliphatic heterocycles. The molecule has 1 heterocycles. The first kappa shape index (κ1) is 18.2. The van der Waals surface area contributed by atoms with E-state index in [4.69, 9.17) is 0 Å². The van der Waals surface area contributed by atoms with Crippen LogP contribution >= 0.6 is 11.3 Å². The molecule has 0 radical (unpaired) electrons. The number of unbranched alkanes of at least 4 members (excludes halogenated alkanes) is 3. The van der Waals surface area contributed by atoms with Crippen molar-refractivity contribution >= 4 is 28.1 Å². The lowest BCUT2D eigenvalue weighted by Gasteiger charge is -2.06. The van der Waals surface area contributed by atoms with Crippen LogP contribution in [-0.2, 0) is 4.79 Å². The summed E-state index contributed by atoms with van der Waals surface area (Å²) < 4.78 is 0. The quantitative estimate of drug-likeness (QED) is 0.453. The molecule has 0 saturated carbocycles. The summed E-state index contributed by atoms with van der Waals surface area (Å²) in [6.07, 6.45) is 6.85. The molecule has 0 aliphatic carbocycles. The number of rotatable bonds is 10. The van der Waals surface area contributed by atoms with Gasteiger partial charge in [0.2, 0.25) is 5.91 Å². The van der Waals surface area contributed by atoms with Crippen LogP contribution in [0.25, 0.3) is 11.3 Å². The molecule has 0 atom stereocenters. The fourth-order valence-corrected chi connectivity index (χ4v) is 3.04. The summed E-state index contributed by atoms with van der Waals surface area (Å²) >= 11 is 1.57. The molecule has 24 heavy (non-hydrogen) atoms. The van der Waals surface area contributed by atoms with E-state index >= 15 is 0 Å². The maximum absolute atomic E-state index is 11.9. The summed E-state index contributed by atoms with van der Waals surface area (Å²) in [7, 11) is 0. The number of aromatic nitrogens is 1. The predicted octanol–water partition coefficient (Wildman–Crippen LogP) is 5.32. The first-order valence-electron chi connectivity index (χ1n) is 8.43. The van der Waals surface area contributed by atoms with Gasteiger partial charge in [-0.15, -0.1) is 17.9 Å². The number of carbonyl (C=O) groups excluding carboxylic acids is 1. The molecule has 4 nitrogen and oxygen atoms in total. The van der Waals surface area contributed by atoms with Crippen LogP contribution in [0.3, 0.4) is 0 Å². The minimum Gasteiger partial charge on any atom is -0.358 e. The van der Waals surface area contributed by atoms with Crippen molar-refractivity contribution in [1.29, 1.82) is 0 Å². The molecule has 128 valence electrons. The molecule has 2 N–H and O–H groups in total. The van der Waals surface area contributed by atoms with Gasteiger partial charge in [-0.3, -0.25) is 4.79 Å². The molecule has 2 rings (SSSR count). The van der Waals surface area contributed by atoms with Gasteiger partial charge in [0.15, 0.2) is 5.13 Å². The van der Waals surface area contributed by atoms with Gasteiger partial charge in [-0.25, -0.2) is 4.98 Å². The summed E-state index contributed by atoms with van der Waals surface area (Å²) in [6.45, 7) is 6.56. The summed E-state index contributed by atoms with van der Waals surface area (Å²) in [5.41, 5.74) is 2.81. The van der Waals surface area contributed by atoms with E-state index in [2.05, 4.69) is 29.1 Å². The van der Waals surface area contributed by atoms with Gasteiger partial charge in [0.1, 0.15) is 0 Å². The first-order chi connectivity index (χ1) is 11.7. The van der Waals surface area contributed by atoms with Crippen LogP contribution in [0.5, 0.6) is 0 Å². The van der Waals surface area contributed by atoms with Gasteiger partial charge < -0.3 is 10.6 Å². The number of hydrogen-bond acceptors (Lipinski definition) is 4. The van der Waals surface area contributed by atoms with E-state index in [1.807, 2.05) is 29.6 Å². The number of carbonyl (C=O) groups is 1. The molecule has 1 aromatic carbocycles. The van der Waals surface area contributed by atoms with E-state index in [9.17, 15) is 4.79 Å². The van der Waals surface area contributed by atoms with Gasteiger partial charge in [0, 0.05) is 29.6 Å². The number of nitrogens with zero attached hydrogens (tertiary/aromatic N) is 1. The zero-order chi connectivity index (χ0) is 17.2. The van der Waals surface area contributed by atoms with Crippen molar-refractivity contribution in [3.63, 3.8) is 0 Å². The number of anilines is 2. The Hall–Kier alpha value is -2.14. The van der Waals surface area contributed by atoms with Crippen molar-refractivity contribution in [3.8, 4) is 11.3 Å². The van der Waals surface area contributed by atoms with Crippen LogP contribution in [0.1, 0.15) is 39.0 Å². The van der Waals surface area contributed by atoms with Gasteiger partial charge in [0.25, 0.3) is 0 Å². The van der Waals surface area contributed by atoms with Gasteiger partial charge in [-0.2, -0.15) is 0 Å². The van der Waals surface area contributed by atoms with Crippen LogP contribution in [0.15, 0.2) is 42.3 Å². The standard InChI is InChI=1S/C19H25N3OS/c1-3-5-6-7-8-18(23)21-16-11-9-15(10-12-16)17-14-24-19(22-17)20-13-4-2/h4,9-12,14H,2-3,5-8,13H2,1H3,(H,20,22)(H,21,23). The Morgan fingerprint density at radius 1 is 1.25 bits per heavy atom. The zero-order valence-corrected chi connectivity index (χ0v) is 15.0. The van der Waals surface area contributed by atoms with Crippen molar-refractivity contribution in [2.24, 2.45) is 0 Å². The predicted molar refractivity (Wildman–Crippen MR) is 104 cm³/mol. The van der Waals surface area contributed by atoms with Crippen molar-refractivity contribution < 1.29 is 4.79 Å². The minimum atomic E-state index is 0.0865. The third-order valence-electron chi connectivity index (χ3n) is 3.62. The highest BCUT2D eigenvalue weighted by molar-refractivity contribution is 7.14. The molecule has 0 saturated heterocycles. The van der Waals surface area contributed by atoms with Crippen molar-refractivity contribution in [1.82, 2.24) is 4.98 Å². The number of thiazole rings is 1. The number of amides is 1. The van der Waals surface area contributed by atoms with Crippen LogP contribution in [0.4, 0.5) is 10.8 Å². The van der Waals surface area contributed by atoms with E-state index in [1.165, 1.54) is 12.8 Å². The van der Waals surface area contributed by atoms with Crippen LogP contribution < -0.4 is 10.6 Å². The molecule has 2 aromatic rings. The summed E-state index contributed by atoms with van der Waals surface area (Å²) in [5, 5.41) is 9.04. The average molecular weight is 343 g/mol. The summed E-state index contributed by atoms with van der Waals surface area (Å²) in [5.74, 6) is 0.0865. The molecule has 1 aromatic heterocycles. The van der Waals surface area contributed by atoms with E-state index in [0.29, 0.717) is 13.0 Å². The van der Waals surface area contributed by atoms with E-state index < -0.39 is 0 Å². The molecule has 5 heteroatoms. The number of hydrogen-bond donors (Lipinski definition) is 2. The lowest BCUT2D eigenvalue weighted by molar-refractivity contribution is -0.116. The van der Waals surface area contributed by atoms with Crippen molar-refractivity contribution in [2.75, 3.05) is 17.2 Å². The molecule has 0 aliphatic rings. The minimum absolute atomic E-state index is 0.0865. The Bertz CT molecular complexity index is 649. The van der Waals surface area contributed by atoms with E-state index in [1.54, 1.807) is 17.4 Å². The molecule has 1 amide bonds. The summed E-state index contributed by atoms with van der Waals surface area (Å²) in [4.78, 5) is 16.4. The first-order valence-corrected chi connectivity index (χ1v) is 9.31. The lowest BCUT2D eigenvalue weighted by Crippen LogP contribution is -2.10. The average Bonchev–Trinajstić information content (AvgIpc) is 3.06. The van der Waals surface area contributed by atoms with E-state index in [0.717, 1.165) is 34.9 Å². The second kappa shape index (κ2) is 9.88. The van der Waals surface area contributed by atoms with Crippen molar-refractivity contribution in [2.45, 2.75) is 39.0 Å². The number of nitrogens with one attached hydrogen (secondary N) is 2. The second-order valence-electron chi connectivity index (χ2n) is 5.64. The van der Waals surface area contributed by atoms with Gasteiger partial charge >= 0.3 is 0 Å². The van der Waals surface area contributed by atoms with Crippen molar-refractivity contribution in [3.05, 3.63) is 42.3 Å². The Morgan fingerprint density at radius 3 is 2.75 bits per heavy atom. The Labute approximate surface area is 148 Å². The highest BCUT2D eigenvalue weighted by Crippen LogP contribution is 2.26. The largest absolute Gasteiger partial charge is 0.358 e. The van der Waals surface area contributed by atoms with Crippen LogP contribution in [-0.4, -0.2) is 17.4 Å². The second-order valence-corrected chi connectivity index (χ2v) is 6.50. The lowest BCUT2D eigenvalue weighted by atomic mass is 10.1. The highest BCUT2D eigenvalue weighted by atomic mass is 32.1. The van der Waals surface area contributed by atoms with E-state index in [-0.39, 0.29) is 5.91 Å². The molecule has 0 unspecified atom stereocenters. The van der Waals surface area contributed by atoms with Gasteiger partial charge in [0.05, 0.1) is 5.69 Å². The smallest absolute Gasteiger partial charge is 0.224 e. The fourth-order valence-electron chi connectivity index (χ4n) is 2.31. The Morgan fingerprint density at radius 2 is 2.04 bits per heavy atom. The monoisotopic (exact) mass is 343 g/mol. The highest BCUT2D eigenvalue weighted by Gasteiger charge is 2.06. The molecule has 0 bridgehead atoms. The van der Waals surface area contributed by atoms with Gasteiger partial charge in [-0.05, 0) is 18.6 Å². The SMILES string of the molecule is C=CCNc1nc(-c2ccc(NC(=O)CCCCCC)cc2)cs1. The third kappa shape index (κ3) is 5.81. The summed E-state index contributed by atoms with van der Waals surface area (Å²) in [6, 6.07) is 7.82. The molecule has 0 fully saturated rings. The van der Waals surface area contributed by atoms with Crippen LogP contribution in [0, 0.1) is 0 Å². The number of benzene rings is 1. The Balaban J connectivity index is 1.87. The molecule has 0 spiro atoms. The van der Waals surface area contributed by atoms with Crippen LogP contribution in [0.2, 0.25) is 0 Å². The third-order valence-corrected chi connectivity index (χ3v) is 4.42. The topological polar surface area (TPSA) is 54.0 Å². The molecular weight excluding hydrogens is 318 g/mol. The maximum atomic E-state index is 11.9. The Kier molecular flexibility index (Phi) is 7.49. The zero-order valence-electron chi connectivity index (χ0n) is 14.2. The normalized spacial score (nSPS) is 10.4. The van der Waals surface area contributed by atoms with Gasteiger partial charge in [-0.1, -0.05) is 44.4 Å². The molecular formula is C19H25N3OS. The fraction of sp³-hybridized carbons (Fsp3) is 0.368. The maximum Gasteiger partial charge on any atom is 0.224 e.